The predicted octanol–water partition coefficient (Wildman–Crippen LogP) is 4.70. The van der Waals surface area contributed by atoms with Crippen LogP contribution < -0.4 is 10.6 Å². The van der Waals surface area contributed by atoms with E-state index in [2.05, 4.69) is 26.6 Å². The van der Waals surface area contributed by atoms with Gasteiger partial charge in [0.15, 0.2) is 0 Å². The molecule has 2 aromatic rings. The smallest absolute Gasteiger partial charge is 0.255 e. The average Bonchev–Trinajstić information content (AvgIpc) is 2.51. The first kappa shape index (κ1) is 16.5. The Bertz CT molecular complexity index is 702. The molecule has 22 heavy (non-hydrogen) atoms. The van der Waals surface area contributed by atoms with Gasteiger partial charge in [-0.05, 0) is 42.5 Å². The van der Waals surface area contributed by atoms with Gasteiger partial charge in [-0.2, -0.15) is 0 Å². The van der Waals surface area contributed by atoms with Gasteiger partial charge in [0.1, 0.15) is 0 Å². The molecule has 0 heterocycles. The lowest BCUT2D eigenvalue weighted by Crippen LogP contribution is -2.13. The van der Waals surface area contributed by atoms with Crippen molar-refractivity contribution in [1.82, 2.24) is 0 Å². The minimum atomic E-state index is -0.234. The topological polar surface area (TPSA) is 58.2 Å². The van der Waals surface area contributed by atoms with E-state index >= 15 is 0 Å². The van der Waals surface area contributed by atoms with Crippen LogP contribution in [0.1, 0.15) is 23.7 Å². The van der Waals surface area contributed by atoms with Crippen molar-refractivity contribution in [3.63, 3.8) is 0 Å². The fourth-order valence-corrected chi connectivity index (χ4v) is 2.17. The molecule has 0 spiro atoms. The van der Waals surface area contributed by atoms with Crippen LogP contribution >= 0.6 is 27.5 Å². The molecular weight excluding hydrogens is 368 g/mol. The zero-order valence-corrected chi connectivity index (χ0v) is 14.2. The maximum Gasteiger partial charge on any atom is 0.255 e. The first-order valence-electron chi connectivity index (χ1n) is 6.66. The zero-order chi connectivity index (χ0) is 16.1. The average molecular weight is 382 g/mol. The molecule has 0 saturated heterocycles. The van der Waals surface area contributed by atoms with Gasteiger partial charge < -0.3 is 10.6 Å². The fraction of sp³-hybridized carbons (Fsp3) is 0.125. The molecule has 0 bridgehead atoms. The second-order valence-electron chi connectivity index (χ2n) is 4.56. The molecule has 114 valence electrons. The fourth-order valence-electron chi connectivity index (χ4n) is 1.74. The Hall–Kier alpha value is -1.85. The number of nitrogens with one attached hydrogen (secondary N) is 2. The lowest BCUT2D eigenvalue weighted by atomic mass is 10.2. The summed E-state index contributed by atoms with van der Waals surface area (Å²) in [5, 5.41) is 5.88. The van der Waals surface area contributed by atoms with Gasteiger partial charge in [0, 0.05) is 22.1 Å². The first-order valence-corrected chi connectivity index (χ1v) is 7.83. The van der Waals surface area contributed by atoms with Gasteiger partial charge in [0.25, 0.3) is 5.91 Å². The van der Waals surface area contributed by atoms with E-state index in [4.69, 9.17) is 11.6 Å². The van der Waals surface area contributed by atoms with Crippen molar-refractivity contribution in [2.24, 2.45) is 0 Å². The number of carbonyl (C=O) groups excluding carboxylic acids is 2. The van der Waals surface area contributed by atoms with Crippen LogP contribution in [-0.4, -0.2) is 11.8 Å². The highest BCUT2D eigenvalue weighted by Crippen LogP contribution is 2.26. The van der Waals surface area contributed by atoms with E-state index in [-0.39, 0.29) is 11.8 Å². The van der Waals surface area contributed by atoms with Crippen LogP contribution in [0, 0.1) is 0 Å². The van der Waals surface area contributed by atoms with E-state index in [0.717, 1.165) is 4.47 Å². The molecule has 0 aliphatic rings. The summed E-state index contributed by atoms with van der Waals surface area (Å²) in [7, 11) is 0. The summed E-state index contributed by atoms with van der Waals surface area (Å²) in [6, 6.07) is 12.0. The Morgan fingerprint density at radius 3 is 2.41 bits per heavy atom. The SMILES string of the molecule is CCC(=O)Nc1cc(NC(=O)c2ccc(Br)cc2)ccc1Cl. The third kappa shape index (κ3) is 4.32. The van der Waals surface area contributed by atoms with Gasteiger partial charge in [-0.25, -0.2) is 0 Å². The van der Waals surface area contributed by atoms with E-state index in [0.29, 0.717) is 28.4 Å². The Morgan fingerprint density at radius 2 is 1.77 bits per heavy atom. The van der Waals surface area contributed by atoms with Gasteiger partial charge >= 0.3 is 0 Å². The Labute approximate surface area is 142 Å². The van der Waals surface area contributed by atoms with Gasteiger partial charge in [0.2, 0.25) is 5.91 Å². The molecule has 0 fully saturated rings. The Kier molecular flexibility index (Phi) is 5.57. The molecule has 0 radical (unpaired) electrons. The molecule has 0 unspecified atom stereocenters. The molecule has 0 aliphatic carbocycles. The number of benzene rings is 2. The maximum atomic E-state index is 12.2. The van der Waals surface area contributed by atoms with Crippen LogP contribution in [0.4, 0.5) is 11.4 Å². The molecule has 2 rings (SSSR count). The molecule has 0 aromatic heterocycles. The molecule has 2 amide bonds. The van der Waals surface area contributed by atoms with Crippen molar-refractivity contribution in [1.29, 1.82) is 0 Å². The van der Waals surface area contributed by atoms with Crippen molar-refractivity contribution in [3.05, 3.63) is 57.5 Å². The van der Waals surface area contributed by atoms with Crippen LogP contribution in [0.3, 0.4) is 0 Å². The summed E-state index contributed by atoms with van der Waals surface area (Å²) in [6.07, 6.45) is 0.353. The Balaban J connectivity index is 2.15. The van der Waals surface area contributed by atoms with Crippen molar-refractivity contribution in [3.8, 4) is 0 Å². The molecule has 2 aromatic carbocycles. The molecular formula is C16H14BrClN2O2. The van der Waals surface area contributed by atoms with Crippen LogP contribution in [-0.2, 0) is 4.79 Å². The number of halogens is 2. The largest absolute Gasteiger partial charge is 0.325 e. The standard InChI is InChI=1S/C16H14BrClN2O2/c1-2-15(21)20-14-9-12(7-8-13(14)18)19-16(22)10-3-5-11(17)6-4-10/h3-9H,2H2,1H3,(H,19,22)(H,20,21). The maximum absolute atomic E-state index is 12.2. The minimum Gasteiger partial charge on any atom is -0.325 e. The van der Waals surface area contributed by atoms with Crippen molar-refractivity contribution in [2.45, 2.75) is 13.3 Å². The lowest BCUT2D eigenvalue weighted by Gasteiger charge is -2.10. The van der Waals surface area contributed by atoms with Gasteiger partial charge in [-0.3, -0.25) is 9.59 Å². The van der Waals surface area contributed by atoms with Crippen LogP contribution in [0.5, 0.6) is 0 Å². The van der Waals surface area contributed by atoms with E-state index in [9.17, 15) is 9.59 Å². The van der Waals surface area contributed by atoms with Gasteiger partial charge in [-0.15, -0.1) is 0 Å². The molecule has 0 atom stereocenters. The summed E-state index contributed by atoms with van der Waals surface area (Å²) in [5.74, 6) is -0.374. The third-order valence-electron chi connectivity index (χ3n) is 2.93. The van der Waals surface area contributed by atoms with E-state index in [1.54, 1.807) is 49.4 Å². The number of rotatable bonds is 4. The molecule has 6 heteroatoms. The third-order valence-corrected chi connectivity index (χ3v) is 3.78. The van der Waals surface area contributed by atoms with E-state index in [1.807, 2.05) is 0 Å². The highest BCUT2D eigenvalue weighted by Gasteiger charge is 2.09. The van der Waals surface area contributed by atoms with Crippen LogP contribution in [0.2, 0.25) is 5.02 Å². The molecule has 0 aliphatic heterocycles. The highest BCUT2D eigenvalue weighted by molar-refractivity contribution is 9.10. The molecule has 4 nitrogen and oxygen atoms in total. The number of carbonyl (C=O) groups is 2. The van der Waals surface area contributed by atoms with Gasteiger partial charge in [0.05, 0.1) is 10.7 Å². The second-order valence-corrected chi connectivity index (χ2v) is 5.88. The summed E-state index contributed by atoms with van der Waals surface area (Å²) in [4.78, 5) is 23.6. The molecule has 2 N–H and O–H groups in total. The summed E-state index contributed by atoms with van der Waals surface area (Å²) in [5.41, 5.74) is 1.57. The number of amides is 2. The van der Waals surface area contributed by atoms with E-state index < -0.39 is 0 Å². The second kappa shape index (κ2) is 7.42. The zero-order valence-electron chi connectivity index (χ0n) is 11.8. The molecule has 0 saturated carbocycles. The number of hydrogen-bond donors (Lipinski definition) is 2. The predicted molar refractivity (Wildman–Crippen MR) is 92.5 cm³/mol. The normalized spacial score (nSPS) is 10.1. The van der Waals surface area contributed by atoms with Crippen LogP contribution in [0.25, 0.3) is 0 Å². The lowest BCUT2D eigenvalue weighted by molar-refractivity contribution is -0.115. The van der Waals surface area contributed by atoms with Gasteiger partial charge in [-0.1, -0.05) is 34.5 Å². The quantitative estimate of drug-likeness (QED) is 0.806. The van der Waals surface area contributed by atoms with Crippen molar-refractivity contribution in [2.75, 3.05) is 10.6 Å². The summed E-state index contributed by atoms with van der Waals surface area (Å²) >= 11 is 9.36. The summed E-state index contributed by atoms with van der Waals surface area (Å²) < 4.78 is 0.903. The van der Waals surface area contributed by atoms with Crippen molar-refractivity contribution < 1.29 is 9.59 Å². The summed E-state index contributed by atoms with van der Waals surface area (Å²) in [6.45, 7) is 1.75. The van der Waals surface area contributed by atoms with Crippen molar-refractivity contribution >= 4 is 50.7 Å². The van der Waals surface area contributed by atoms with Crippen LogP contribution in [0.15, 0.2) is 46.9 Å². The highest BCUT2D eigenvalue weighted by atomic mass is 79.9. The Morgan fingerprint density at radius 1 is 1.09 bits per heavy atom. The minimum absolute atomic E-state index is 0.140. The first-order chi connectivity index (χ1) is 10.5. The number of hydrogen-bond acceptors (Lipinski definition) is 2. The monoisotopic (exact) mass is 380 g/mol. The van der Waals surface area contributed by atoms with E-state index in [1.165, 1.54) is 0 Å². The number of anilines is 2.